The second-order valence-electron chi connectivity index (χ2n) is 6.35. The third-order valence-corrected chi connectivity index (χ3v) is 4.47. The predicted molar refractivity (Wildman–Crippen MR) is 73.8 cm³/mol. The average Bonchev–Trinajstić information content (AvgIpc) is 2.47. The summed E-state index contributed by atoms with van der Waals surface area (Å²) in [6.45, 7) is 6.16. The molecule has 2 aliphatic rings. The first-order valence-corrected chi connectivity index (χ1v) is 7.62. The van der Waals surface area contributed by atoms with E-state index in [9.17, 15) is 9.90 Å². The van der Waals surface area contributed by atoms with Crippen molar-refractivity contribution in [2.45, 2.75) is 64.1 Å². The summed E-state index contributed by atoms with van der Waals surface area (Å²) in [4.78, 5) is 14.2. The summed E-state index contributed by atoms with van der Waals surface area (Å²) in [6.07, 6.45) is 5.51. The van der Waals surface area contributed by atoms with Gasteiger partial charge in [0.05, 0.1) is 11.7 Å². The molecule has 1 saturated carbocycles. The quantitative estimate of drug-likeness (QED) is 0.848. The Labute approximate surface area is 116 Å². The fourth-order valence-electron chi connectivity index (χ4n) is 3.10. The molecule has 0 bridgehead atoms. The molecule has 1 amide bonds. The van der Waals surface area contributed by atoms with Crippen LogP contribution < -0.4 is 0 Å². The fraction of sp³-hybridized carbons (Fsp3) is 0.933. The topological polar surface area (TPSA) is 49.8 Å². The normalized spacial score (nSPS) is 35.6. The molecule has 1 aliphatic heterocycles. The lowest BCUT2D eigenvalue weighted by Crippen LogP contribution is -2.38. The molecule has 1 saturated heterocycles. The van der Waals surface area contributed by atoms with Crippen LogP contribution in [0.25, 0.3) is 0 Å². The van der Waals surface area contributed by atoms with E-state index in [1.165, 1.54) is 0 Å². The molecule has 1 atom stereocenters. The van der Waals surface area contributed by atoms with Gasteiger partial charge in [0.15, 0.2) is 0 Å². The zero-order valence-electron chi connectivity index (χ0n) is 12.2. The Morgan fingerprint density at radius 3 is 2.79 bits per heavy atom. The molecule has 0 radical (unpaired) electrons. The van der Waals surface area contributed by atoms with Crippen LogP contribution in [-0.4, -0.2) is 47.3 Å². The summed E-state index contributed by atoms with van der Waals surface area (Å²) >= 11 is 0. The van der Waals surface area contributed by atoms with E-state index in [-0.39, 0.29) is 5.91 Å². The van der Waals surface area contributed by atoms with E-state index in [2.05, 4.69) is 0 Å². The molecule has 2 rings (SSSR count). The Kier molecular flexibility index (Phi) is 4.85. The zero-order chi connectivity index (χ0) is 13.9. The molecule has 0 aromatic carbocycles. The van der Waals surface area contributed by atoms with Crippen molar-refractivity contribution >= 4 is 5.91 Å². The number of hydrogen-bond acceptors (Lipinski definition) is 3. The van der Waals surface area contributed by atoms with Crippen LogP contribution in [0.3, 0.4) is 0 Å². The standard InChI is InChI=1S/C15H27NO3/c1-3-19-13-9-12(10-13)11-14(17)16-7-4-5-15(2,18)6-8-16/h12-13,18H,3-11H2,1-2H3. The highest BCUT2D eigenvalue weighted by atomic mass is 16.5. The Morgan fingerprint density at radius 2 is 2.11 bits per heavy atom. The van der Waals surface area contributed by atoms with E-state index < -0.39 is 5.60 Å². The smallest absolute Gasteiger partial charge is 0.222 e. The minimum atomic E-state index is -0.592. The Hall–Kier alpha value is -0.610. The lowest BCUT2D eigenvalue weighted by molar-refractivity contribution is -0.134. The third-order valence-electron chi connectivity index (χ3n) is 4.47. The van der Waals surface area contributed by atoms with Gasteiger partial charge < -0.3 is 14.7 Å². The molecule has 4 heteroatoms. The molecule has 19 heavy (non-hydrogen) atoms. The van der Waals surface area contributed by atoms with Crippen LogP contribution in [0.5, 0.6) is 0 Å². The summed E-state index contributed by atoms with van der Waals surface area (Å²) in [5, 5.41) is 10.0. The summed E-state index contributed by atoms with van der Waals surface area (Å²) in [5.74, 6) is 0.769. The maximum Gasteiger partial charge on any atom is 0.222 e. The number of aliphatic hydroxyl groups is 1. The van der Waals surface area contributed by atoms with E-state index in [1.54, 1.807) is 0 Å². The monoisotopic (exact) mass is 269 g/mol. The summed E-state index contributed by atoms with van der Waals surface area (Å²) < 4.78 is 5.52. The van der Waals surface area contributed by atoms with Gasteiger partial charge in [-0.1, -0.05) is 0 Å². The van der Waals surface area contributed by atoms with Gasteiger partial charge in [0, 0.05) is 26.1 Å². The van der Waals surface area contributed by atoms with Crippen LogP contribution in [-0.2, 0) is 9.53 Å². The molecule has 1 unspecified atom stereocenters. The third kappa shape index (κ3) is 4.18. The maximum atomic E-state index is 12.2. The average molecular weight is 269 g/mol. The van der Waals surface area contributed by atoms with Crippen molar-refractivity contribution < 1.29 is 14.6 Å². The SMILES string of the molecule is CCOC1CC(CC(=O)N2CCCC(C)(O)CC2)C1. The Bertz CT molecular complexity index is 311. The van der Waals surface area contributed by atoms with E-state index >= 15 is 0 Å². The second-order valence-corrected chi connectivity index (χ2v) is 6.35. The van der Waals surface area contributed by atoms with Gasteiger partial charge in [-0.2, -0.15) is 0 Å². The largest absolute Gasteiger partial charge is 0.390 e. The van der Waals surface area contributed by atoms with Crippen LogP contribution in [0.1, 0.15) is 52.4 Å². The highest BCUT2D eigenvalue weighted by molar-refractivity contribution is 5.76. The molecular weight excluding hydrogens is 242 g/mol. The number of likely N-dealkylation sites (tertiary alicyclic amines) is 1. The van der Waals surface area contributed by atoms with Gasteiger partial charge in [0.25, 0.3) is 0 Å². The lowest BCUT2D eigenvalue weighted by atomic mass is 9.79. The van der Waals surface area contributed by atoms with Crippen molar-refractivity contribution in [1.29, 1.82) is 0 Å². The van der Waals surface area contributed by atoms with Crippen LogP contribution in [0.4, 0.5) is 0 Å². The van der Waals surface area contributed by atoms with Crippen molar-refractivity contribution in [1.82, 2.24) is 4.90 Å². The maximum absolute atomic E-state index is 12.2. The first kappa shape index (κ1) is 14.8. The fourth-order valence-corrected chi connectivity index (χ4v) is 3.10. The number of carbonyl (C=O) groups is 1. The number of ether oxygens (including phenoxy) is 1. The number of hydrogen-bond donors (Lipinski definition) is 1. The summed E-state index contributed by atoms with van der Waals surface area (Å²) in [7, 11) is 0. The summed E-state index contributed by atoms with van der Waals surface area (Å²) in [6, 6.07) is 0. The van der Waals surface area contributed by atoms with Crippen LogP contribution in [0.15, 0.2) is 0 Å². The van der Waals surface area contributed by atoms with E-state index in [1.807, 2.05) is 18.7 Å². The van der Waals surface area contributed by atoms with Gasteiger partial charge in [0.2, 0.25) is 5.91 Å². The first-order chi connectivity index (χ1) is 9.00. The molecule has 0 aromatic rings. The van der Waals surface area contributed by atoms with Crippen LogP contribution in [0.2, 0.25) is 0 Å². The van der Waals surface area contributed by atoms with Crippen molar-refractivity contribution in [3.05, 3.63) is 0 Å². The molecule has 4 nitrogen and oxygen atoms in total. The van der Waals surface area contributed by atoms with E-state index in [4.69, 9.17) is 4.74 Å². The van der Waals surface area contributed by atoms with Crippen LogP contribution >= 0.6 is 0 Å². The van der Waals surface area contributed by atoms with Gasteiger partial charge in [-0.3, -0.25) is 4.79 Å². The molecule has 0 spiro atoms. The molecule has 0 aromatic heterocycles. The number of rotatable bonds is 4. The Morgan fingerprint density at radius 1 is 1.37 bits per heavy atom. The highest BCUT2D eigenvalue weighted by Crippen LogP contribution is 2.33. The second kappa shape index (κ2) is 6.23. The summed E-state index contributed by atoms with van der Waals surface area (Å²) in [5.41, 5.74) is -0.592. The molecule has 1 heterocycles. The minimum absolute atomic E-state index is 0.262. The number of carbonyl (C=O) groups excluding carboxylic acids is 1. The minimum Gasteiger partial charge on any atom is -0.390 e. The van der Waals surface area contributed by atoms with E-state index in [0.717, 1.165) is 38.8 Å². The first-order valence-electron chi connectivity index (χ1n) is 7.62. The molecule has 1 N–H and O–H groups in total. The molecule has 2 fully saturated rings. The zero-order valence-corrected chi connectivity index (χ0v) is 12.2. The lowest BCUT2D eigenvalue weighted by Gasteiger charge is -2.35. The van der Waals surface area contributed by atoms with Gasteiger partial charge in [-0.05, 0) is 51.9 Å². The molecule has 110 valence electrons. The van der Waals surface area contributed by atoms with Gasteiger partial charge in [-0.15, -0.1) is 0 Å². The van der Waals surface area contributed by atoms with Crippen molar-refractivity contribution in [3.8, 4) is 0 Å². The van der Waals surface area contributed by atoms with E-state index in [0.29, 0.717) is 31.4 Å². The number of nitrogens with zero attached hydrogens (tertiary/aromatic N) is 1. The van der Waals surface area contributed by atoms with Crippen molar-refractivity contribution in [2.24, 2.45) is 5.92 Å². The van der Waals surface area contributed by atoms with Gasteiger partial charge >= 0.3 is 0 Å². The highest BCUT2D eigenvalue weighted by Gasteiger charge is 2.33. The molecule has 1 aliphatic carbocycles. The van der Waals surface area contributed by atoms with Crippen molar-refractivity contribution in [2.75, 3.05) is 19.7 Å². The van der Waals surface area contributed by atoms with Gasteiger partial charge in [-0.25, -0.2) is 0 Å². The van der Waals surface area contributed by atoms with Gasteiger partial charge in [0.1, 0.15) is 0 Å². The Balaban J connectivity index is 1.72. The number of amides is 1. The van der Waals surface area contributed by atoms with Crippen molar-refractivity contribution in [3.63, 3.8) is 0 Å². The molecular formula is C15H27NO3. The predicted octanol–water partition coefficient (Wildman–Crippen LogP) is 1.96. The van der Waals surface area contributed by atoms with Crippen LogP contribution in [0, 0.1) is 5.92 Å².